The van der Waals surface area contributed by atoms with Crippen LogP contribution in [0.15, 0.2) is 30.3 Å². The highest BCUT2D eigenvalue weighted by Gasteiger charge is 2.04. The zero-order valence-corrected chi connectivity index (χ0v) is 11.8. The molecule has 0 atom stereocenters. The Labute approximate surface area is 120 Å². The third-order valence-corrected chi connectivity index (χ3v) is 3.06. The van der Waals surface area contributed by atoms with Crippen LogP contribution in [0.25, 0.3) is 0 Å². The molecule has 0 aromatic heterocycles. The summed E-state index contributed by atoms with van der Waals surface area (Å²) in [5.74, 6) is -0.482. The number of nitrogens with two attached hydrogens (primary N) is 1. The van der Waals surface area contributed by atoms with Crippen molar-refractivity contribution in [2.75, 3.05) is 6.61 Å². The molecular weight excluding hydrogens is 254 g/mol. The second-order valence-corrected chi connectivity index (χ2v) is 4.84. The van der Waals surface area contributed by atoms with Gasteiger partial charge in [0.15, 0.2) is 0 Å². The molecule has 0 unspecified atom stereocenters. The molecule has 0 saturated heterocycles. The van der Waals surface area contributed by atoms with Gasteiger partial charge in [0.1, 0.15) is 0 Å². The molecule has 2 N–H and O–H groups in total. The third kappa shape index (κ3) is 7.56. The summed E-state index contributed by atoms with van der Waals surface area (Å²) >= 11 is 0. The first-order chi connectivity index (χ1) is 9.70. The van der Waals surface area contributed by atoms with Gasteiger partial charge in [0.2, 0.25) is 5.91 Å². The van der Waals surface area contributed by atoms with Crippen LogP contribution in [-0.2, 0) is 9.53 Å². The molecule has 0 spiro atoms. The number of esters is 1. The van der Waals surface area contributed by atoms with Gasteiger partial charge in [-0.2, -0.15) is 0 Å². The Morgan fingerprint density at radius 1 is 0.900 bits per heavy atom. The molecule has 0 heterocycles. The second-order valence-electron chi connectivity index (χ2n) is 4.84. The molecule has 20 heavy (non-hydrogen) atoms. The van der Waals surface area contributed by atoms with Crippen LogP contribution in [0.2, 0.25) is 0 Å². The maximum absolute atomic E-state index is 11.6. The number of hydrogen-bond acceptors (Lipinski definition) is 3. The van der Waals surface area contributed by atoms with Gasteiger partial charge in [0.05, 0.1) is 12.2 Å². The van der Waals surface area contributed by atoms with Crippen LogP contribution in [0.5, 0.6) is 0 Å². The van der Waals surface area contributed by atoms with E-state index >= 15 is 0 Å². The topological polar surface area (TPSA) is 69.4 Å². The second kappa shape index (κ2) is 10.0. The molecule has 0 aliphatic carbocycles. The molecular formula is C16H23NO3. The number of carbonyl (C=O) groups excluding carboxylic acids is 2. The fourth-order valence-corrected chi connectivity index (χ4v) is 1.93. The number of amides is 1. The van der Waals surface area contributed by atoms with Gasteiger partial charge in [0.25, 0.3) is 0 Å². The van der Waals surface area contributed by atoms with E-state index in [-0.39, 0.29) is 11.9 Å². The zero-order valence-electron chi connectivity index (χ0n) is 11.8. The minimum absolute atomic E-state index is 0.224. The highest BCUT2D eigenvalue weighted by molar-refractivity contribution is 5.89. The summed E-state index contributed by atoms with van der Waals surface area (Å²) in [4.78, 5) is 22.1. The lowest BCUT2D eigenvalue weighted by Crippen LogP contribution is -2.09. The van der Waals surface area contributed by atoms with Crippen LogP contribution in [0, 0.1) is 0 Å². The molecule has 0 fully saturated rings. The van der Waals surface area contributed by atoms with Gasteiger partial charge < -0.3 is 10.5 Å². The van der Waals surface area contributed by atoms with Gasteiger partial charge >= 0.3 is 5.97 Å². The summed E-state index contributed by atoms with van der Waals surface area (Å²) in [7, 11) is 0. The predicted molar refractivity (Wildman–Crippen MR) is 78.2 cm³/mol. The average Bonchev–Trinajstić information content (AvgIpc) is 2.46. The SMILES string of the molecule is NC(=O)CCCCCCCCOC(=O)c1ccccc1. The first-order valence-electron chi connectivity index (χ1n) is 7.20. The first-order valence-corrected chi connectivity index (χ1v) is 7.20. The maximum Gasteiger partial charge on any atom is 0.338 e. The number of benzene rings is 1. The van der Waals surface area contributed by atoms with Gasteiger partial charge in [-0.25, -0.2) is 4.79 Å². The van der Waals surface area contributed by atoms with E-state index in [4.69, 9.17) is 10.5 Å². The van der Waals surface area contributed by atoms with Crippen LogP contribution >= 0.6 is 0 Å². The lowest BCUT2D eigenvalue weighted by atomic mass is 10.1. The van der Waals surface area contributed by atoms with Gasteiger partial charge in [-0.1, -0.05) is 43.9 Å². The van der Waals surface area contributed by atoms with Crippen LogP contribution in [0.1, 0.15) is 55.3 Å². The Kier molecular flexibility index (Phi) is 8.11. The van der Waals surface area contributed by atoms with Crippen LogP contribution in [0.4, 0.5) is 0 Å². The van der Waals surface area contributed by atoms with Crippen molar-refractivity contribution >= 4 is 11.9 Å². The first kappa shape index (κ1) is 16.2. The summed E-state index contributed by atoms with van der Waals surface area (Å²) in [6.45, 7) is 0.467. The number of hydrogen-bond donors (Lipinski definition) is 1. The van der Waals surface area contributed by atoms with E-state index in [1.165, 1.54) is 0 Å². The van der Waals surface area contributed by atoms with Crippen molar-refractivity contribution in [3.63, 3.8) is 0 Å². The lowest BCUT2D eigenvalue weighted by molar-refractivity contribution is -0.118. The van der Waals surface area contributed by atoms with Crippen molar-refractivity contribution in [3.8, 4) is 0 Å². The highest BCUT2D eigenvalue weighted by atomic mass is 16.5. The Hall–Kier alpha value is -1.84. The van der Waals surface area contributed by atoms with E-state index in [1.807, 2.05) is 18.2 Å². The molecule has 110 valence electrons. The molecule has 1 amide bonds. The van der Waals surface area contributed by atoms with Gasteiger partial charge in [0, 0.05) is 6.42 Å². The molecule has 1 rings (SSSR count). The van der Waals surface area contributed by atoms with Crippen molar-refractivity contribution in [1.29, 1.82) is 0 Å². The average molecular weight is 277 g/mol. The standard InChI is InChI=1S/C16H23NO3/c17-15(18)12-8-3-1-2-4-9-13-20-16(19)14-10-6-5-7-11-14/h5-7,10-11H,1-4,8-9,12-13H2,(H2,17,18). The van der Waals surface area contributed by atoms with E-state index < -0.39 is 0 Å². The van der Waals surface area contributed by atoms with Gasteiger partial charge in [-0.05, 0) is 25.0 Å². The monoisotopic (exact) mass is 277 g/mol. The maximum atomic E-state index is 11.6. The molecule has 0 bridgehead atoms. The van der Waals surface area contributed by atoms with Crippen LogP contribution < -0.4 is 5.73 Å². The Morgan fingerprint density at radius 3 is 2.15 bits per heavy atom. The van der Waals surface area contributed by atoms with E-state index in [2.05, 4.69) is 0 Å². The minimum atomic E-state index is -0.257. The lowest BCUT2D eigenvalue weighted by Gasteiger charge is -2.04. The molecule has 1 aromatic carbocycles. The molecule has 4 nitrogen and oxygen atoms in total. The van der Waals surface area contributed by atoms with Crippen molar-refractivity contribution in [2.45, 2.75) is 44.9 Å². The highest BCUT2D eigenvalue weighted by Crippen LogP contribution is 2.08. The van der Waals surface area contributed by atoms with Crippen molar-refractivity contribution in [3.05, 3.63) is 35.9 Å². The molecule has 4 heteroatoms. The van der Waals surface area contributed by atoms with E-state index in [1.54, 1.807) is 12.1 Å². The summed E-state index contributed by atoms with van der Waals surface area (Å²) < 4.78 is 5.19. The number of unbranched alkanes of at least 4 members (excludes halogenated alkanes) is 5. The number of rotatable bonds is 10. The van der Waals surface area contributed by atoms with E-state index in [9.17, 15) is 9.59 Å². The molecule has 0 saturated carbocycles. The van der Waals surface area contributed by atoms with Gasteiger partial charge in [-0.15, -0.1) is 0 Å². The summed E-state index contributed by atoms with van der Waals surface area (Å²) in [6, 6.07) is 9.02. The number of primary amides is 1. The van der Waals surface area contributed by atoms with Crippen LogP contribution in [0.3, 0.4) is 0 Å². The molecule has 0 aliphatic rings. The zero-order chi connectivity index (χ0) is 14.6. The fourth-order valence-electron chi connectivity index (χ4n) is 1.93. The van der Waals surface area contributed by atoms with Crippen molar-refractivity contribution in [2.24, 2.45) is 5.73 Å². The molecule has 0 radical (unpaired) electrons. The fraction of sp³-hybridized carbons (Fsp3) is 0.500. The van der Waals surface area contributed by atoms with E-state index in [0.717, 1.165) is 38.5 Å². The third-order valence-electron chi connectivity index (χ3n) is 3.06. The normalized spacial score (nSPS) is 10.2. The molecule has 0 aliphatic heterocycles. The minimum Gasteiger partial charge on any atom is -0.462 e. The van der Waals surface area contributed by atoms with Gasteiger partial charge in [-0.3, -0.25) is 4.79 Å². The number of ether oxygens (including phenoxy) is 1. The smallest absolute Gasteiger partial charge is 0.338 e. The predicted octanol–water partition coefficient (Wildman–Crippen LogP) is 3.06. The summed E-state index contributed by atoms with van der Waals surface area (Å²) in [5.41, 5.74) is 5.66. The van der Waals surface area contributed by atoms with Crippen LogP contribution in [-0.4, -0.2) is 18.5 Å². The Morgan fingerprint density at radius 2 is 1.50 bits per heavy atom. The van der Waals surface area contributed by atoms with Crippen molar-refractivity contribution in [1.82, 2.24) is 0 Å². The summed E-state index contributed by atoms with van der Waals surface area (Å²) in [5, 5.41) is 0. The Balaban J connectivity index is 1.95. The van der Waals surface area contributed by atoms with E-state index in [0.29, 0.717) is 18.6 Å². The number of carbonyl (C=O) groups is 2. The van der Waals surface area contributed by atoms with Crippen molar-refractivity contribution < 1.29 is 14.3 Å². The quantitative estimate of drug-likeness (QED) is 0.528. The largest absolute Gasteiger partial charge is 0.462 e. The Bertz CT molecular complexity index is 403. The molecule has 1 aromatic rings. The summed E-state index contributed by atoms with van der Waals surface area (Å²) in [6.07, 6.45) is 6.51.